The van der Waals surface area contributed by atoms with E-state index >= 15 is 0 Å². The molecule has 2 rings (SSSR count). The Bertz CT molecular complexity index is 636. The summed E-state index contributed by atoms with van der Waals surface area (Å²) in [5.74, 6) is 0.826. The lowest BCUT2D eigenvalue weighted by molar-refractivity contribution is 0.462. The first-order valence-corrected chi connectivity index (χ1v) is 6.52. The number of nitrogens with zero attached hydrogens (tertiary/aromatic N) is 1. The molecule has 1 aromatic carbocycles. The van der Waals surface area contributed by atoms with E-state index in [2.05, 4.69) is 4.98 Å². The van der Waals surface area contributed by atoms with Gasteiger partial charge in [-0.25, -0.2) is 18.5 Å². The fourth-order valence-electron chi connectivity index (χ4n) is 1.25. The highest BCUT2D eigenvalue weighted by molar-refractivity contribution is 7.89. The van der Waals surface area contributed by atoms with Crippen LogP contribution in [0.2, 0.25) is 0 Å². The topological polar surface area (TPSA) is 108 Å². The summed E-state index contributed by atoms with van der Waals surface area (Å²) >= 11 is 0. The largest absolute Gasteiger partial charge is 0.439 e. The van der Waals surface area contributed by atoms with Gasteiger partial charge in [-0.3, -0.25) is 0 Å². The normalized spacial score (nSPS) is 11.2. The van der Waals surface area contributed by atoms with Crippen LogP contribution in [0.4, 0.5) is 5.69 Å². The molecular formula is C11H11N3O3S. The summed E-state index contributed by atoms with van der Waals surface area (Å²) < 4.78 is 27.4. The first-order valence-electron chi connectivity index (χ1n) is 4.97. The monoisotopic (exact) mass is 265 g/mol. The molecule has 0 saturated carbocycles. The molecule has 6 nitrogen and oxygen atoms in total. The van der Waals surface area contributed by atoms with E-state index in [0.717, 1.165) is 6.20 Å². The third kappa shape index (κ3) is 2.96. The highest BCUT2D eigenvalue weighted by atomic mass is 32.2. The Balaban J connectivity index is 2.18. The van der Waals surface area contributed by atoms with Crippen LogP contribution in [-0.4, -0.2) is 13.4 Å². The average Bonchev–Trinajstić information content (AvgIpc) is 2.32. The van der Waals surface area contributed by atoms with Crippen molar-refractivity contribution >= 4 is 15.7 Å². The number of nitrogen functional groups attached to an aromatic ring is 1. The quantitative estimate of drug-likeness (QED) is 0.808. The maximum atomic E-state index is 11.0. The van der Waals surface area contributed by atoms with Gasteiger partial charge in [0.05, 0.1) is 6.20 Å². The number of anilines is 1. The minimum Gasteiger partial charge on any atom is -0.439 e. The fourth-order valence-corrected chi connectivity index (χ4v) is 1.71. The van der Waals surface area contributed by atoms with Crippen LogP contribution in [0.1, 0.15) is 0 Å². The van der Waals surface area contributed by atoms with E-state index in [0.29, 0.717) is 11.4 Å². The molecule has 0 aliphatic carbocycles. The van der Waals surface area contributed by atoms with Crippen LogP contribution >= 0.6 is 0 Å². The molecule has 0 spiro atoms. The number of ether oxygens (including phenoxy) is 1. The van der Waals surface area contributed by atoms with Gasteiger partial charge in [-0.05, 0) is 30.3 Å². The minimum atomic E-state index is -3.73. The summed E-state index contributed by atoms with van der Waals surface area (Å²) in [7, 11) is -3.73. The van der Waals surface area contributed by atoms with Gasteiger partial charge in [0.1, 0.15) is 10.6 Å². The zero-order valence-electron chi connectivity index (χ0n) is 9.28. The third-order valence-corrected chi connectivity index (χ3v) is 3.04. The molecule has 0 saturated heterocycles. The molecule has 1 heterocycles. The molecule has 0 aliphatic rings. The van der Waals surface area contributed by atoms with Crippen LogP contribution < -0.4 is 15.6 Å². The van der Waals surface area contributed by atoms with Gasteiger partial charge < -0.3 is 10.5 Å². The van der Waals surface area contributed by atoms with Crippen molar-refractivity contribution in [1.82, 2.24) is 4.98 Å². The van der Waals surface area contributed by atoms with Gasteiger partial charge in [-0.1, -0.05) is 0 Å². The van der Waals surface area contributed by atoms with Crippen molar-refractivity contribution in [2.45, 2.75) is 4.90 Å². The van der Waals surface area contributed by atoms with Crippen LogP contribution in [0.3, 0.4) is 0 Å². The van der Waals surface area contributed by atoms with Gasteiger partial charge in [0.25, 0.3) is 0 Å². The minimum absolute atomic E-state index is 0.0628. The Morgan fingerprint density at radius 1 is 1.06 bits per heavy atom. The van der Waals surface area contributed by atoms with Crippen molar-refractivity contribution in [3.8, 4) is 11.6 Å². The summed E-state index contributed by atoms with van der Waals surface area (Å²) in [6.45, 7) is 0. The summed E-state index contributed by atoms with van der Waals surface area (Å²) in [5.41, 5.74) is 6.16. The summed E-state index contributed by atoms with van der Waals surface area (Å²) in [6, 6.07) is 9.50. The number of nitrogens with two attached hydrogens (primary N) is 2. The number of rotatable bonds is 3. The van der Waals surface area contributed by atoms with Gasteiger partial charge >= 0.3 is 0 Å². The molecule has 2 aromatic rings. The summed E-state index contributed by atoms with van der Waals surface area (Å²) in [5, 5.41) is 4.95. The predicted octanol–water partition coefficient (Wildman–Crippen LogP) is 1.10. The van der Waals surface area contributed by atoms with Crippen LogP contribution in [0.25, 0.3) is 0 Å². The fraction of sp³-hybridized carbons (Fsp3) is 0. The van der Waals surface area contributed by atoms with Gasteiger partial charge in [-0.15, -0.1) is 0 Å². The molecule has 7 heteroatoms. The van der Waals surface area contributed by atoms with Crippen molar-refractivity contribution in [2.75, 3.05) is 5.73 Å². The second-order valence-corrected chi connectivity index (χ2v) is 5.11. The molecule has 0 bridgehead atoms. The van der Waals surface area contributed by atoms with Gasteiger partial charge in [-0.2, -0.15) is 0 Å². The van der Waals surface area contributed by atoms with E-state index in [1.807, 2.05) is 0 Å². The van der Waals surface area contributed by atoms with E-state index < -0.39 is 10.0 Å². The standard InChI is InChI=1S/C11H11N3O3S/c12-8-1-3-9(4-2-8)17-11-6-5-10(7-14-11)18(13,15)16/h1-7H,12H2,(H2,13,15,16). The number of primary sulfonamides is 1. The molecule has 18 heavy (non-hydrogen) atoms. The SMILES string of the molecule is Nc1ccc(Oc2ccc(S(N)(=O)=O)cn2)cc1. The second-order valence-electron chi connectivity index (χ2n) is 3.55. The van der Waals surface area contributed by atoms with E-state index in [9.17, 15) is 8.42 Å². The number of pyridine rings is 1. The number of hydrogen-bond acceptors (Lipinski definition) is 5. The maximum absolute atomic E-state index is 11.0. The molecule has 0 aliphatic heterocycles. The van der Waals surface area contributed by atoms with Crippen molar-refractivity contribution in [1.29, 1.82) is 0 Å². The molecule has 0 fully saturated rings. The van der Waals surface area contributed by atoms with E-state index in [4.69, 9.17) is 15.6 Å². The Morgan fingerprint density at radius 2 is 1.72 bits per heavy atom. The van der Waals surface area contributed by atoms with Gasteiger partial charge in [0.15, 0.2) is 0 Å². The molecule has 0 atom stereocenters. The van der Waals surface area contributed by atoms with E-state index in [-0.39, 0.29) is 10.8 Å². The van der Waals surface area contributed by atoms with Gasteiger partial charge in [0.2, 0.25) is 15.9 Å². The second kappa shape index (κ2) is 4.63. The Labute approximate surface area is 104 Å². The smallest absolute Gasteiger partial charge is 0.239 e. The predicted molar refractivity (Wildman–Crippen MR) is 66.5 cm³/mol. The van der Waals surface area contributed by atoms with Crippen molar-refractivity contribution < 1.29 is 13.2 Å². The van der Waals surface area contributed by atoms with E-state index in [1.54, 1.807) is 24.3 Å². The molecule has 94 valence electrons. The Kier molecular flexibility index (Phi) is 3.17. The van der Waals surface area contributed by atoms with Crippen LogP contribution in [0, 0.1) is 0 Å². The molecular weight excluding hydrogens is 254 g/mol. The summed E-state index contributed by atoms with van der Waals surface area (Å²) in [4.78, 5) is 3.79. The number of aromatic nitrogens is 1. The molecule has 0 amide bonds. The van der Waals surface area contributed by atoms with Crippen LogP contribution in [-0.2, 0) is 10.0 Å². The zero-order chi connectivity index (χ0) is 13.2. The van der Waals surface area contributed by atoms with E-state index in [1.165, 1.54) is 12.1 Å². The van der Waals surface area contributed by atoms with Crippen molar-refractivity contribution in [3.63, 3.8) is 0 Å². The first-order chi connectivity index (χ1) is 8.45. The molecule has 0 radical (unpaired) electrons. The van der Waals surface area contributed by atoms with Crippen LogP contribution in [0.15, 0.2) is 47.5 Å². The number of hydrogen-bond donors (Lipinski definition) is 2. The molecule has 1 aromatic heterocycles. The zero-order valence-corrected chi connectivity index (χ0v) is 10.1. The average molecular weight is 265 g/mol. The molecule has 4 N–H and O–H groups in total. The highest BCUT2D eigenvalue weighted by Gasteiger charge is 2.08. The van der Waals surface area contributed by atoms with Crippen LogP contribution in [0.5, 0.6) is 11.6 Å². The number of sulfonamides is 1. The highest BCUT2D eigenvalue weighted by Crippen LogP contribution is 2.20. The Hall–Kier alpha value is -2.12. The third-order valence-electron chi connectivity index (χ3n) is 2.14. The Morgan fingerprint density at radius 3 is 2.22 bits per heavy atom. The van der Waals surface area contributed by atoms with Crippen molar-refractivity contribution in [2.24, 2.45) is 5.14 Å². The lowest BCUT2D eigenvalue weighted by Gasteiger charge is -2.05. The van der Waals surface area contributed by atoms with Gasteiger partial charge in [0, 0.05) is 11.8 Å². The maximum Gasteiger partial charge on any atom is 0.239 e. The molecule has 0 unspecified atom stereocenters. The lowest BCUT2D eigenvalue weighted by Crippen LogP contribution is -2.12. The summed E-state index contributed by atoms with van der Waals surface area (Å²) in [6.07, 6.45) is 1.14. The lowest BCUT2D eigenvalue weighted by atomic mass is 10.3. The van der Waals surface area contributed by atoms with Crippen molar-refractivity contribution in [3.05, 3.63) is 42.6 Å². The first kappa shape index (κ1) is 12.3. The number of benzene rings is 1.